The molecule has 2 aromatic rings. The van der Waals surface area contributed by atoms with Gasteiger partial charge in [-0.3, -0.25) is 0 Å². The van der Waals surface area contributed by atoms with E-state index in [1.54, 1.807) is 12.4 Å². The first-order valence-electron chi connectivity index (χ1n) is 7.23. The van der Waals surface area contributed by atoms with Crippen molar-refractivity contribution in [3.05, 3.63) is 41.3 Å². The monoisotopic (exact) mass is 295 g/mol. The molecule has 1 aliphatic heterocycles. The molecule has 0 aromatic carbocycles. The second kappa shape index (κ2) is 5.98. The van der Waals surface area contributed by atoms with Crippen LogP contribution in [0.15, 0.2) is 24.5 Å². The number of nitrogens with zero attached hydrogens (tertiary/aromatic N) is 5. The van der Waals surface area contributed by atoms with Gasteiger partial charge in [-0.25, -0.2) is 15.0 Å². The van der Waals surface area contributed by atoms with Crippen molar-refractivity contribution in [1.29, 1.82) is 5.26 Å². The van der Waals surface area contributed by atoms with Gasteiger partial charge in [0.05, 0.1) is 12.1 Å². The third-order valence-corrected chi connectivity index (χ3v) is 3.61. The molecule has 0 saturated carbocycles. The predicted molar refractivity (Wildman–Crippen MR) is 81.7 cm³/mol. The van der Waals surface area contributed by atoms with E-state index in [9.17, 15) is 5.26 Å². The molecule has 2 aromatic heterocycles. The largest absolute Gasteiger partial charge is 0.458 e. The molecule has 1 aliphatic rings. The number of aryl methyl sites for hydroxylation is 2. The van der Waals surface area contributed by atoms with Crippen LogP contribution in [0.2, 0.25) is 0 Å². The molecule has 1 atom stereocenters. The van der Waals surface area contributed by atoms with Gasteiger partial charge in [0.25, 0.3) is 0 Å². The molecule has 0 aliphatic carbocycles. The Bertz CT molecular complexity index is 707. The Hall–Kier alpha value is -2.68. The van der Waals surface area contributed by atoms with Crippen LogP contribution in [0.1, 0.15) is 23.2 Å². The Balaban J connectivity index is 1.71. The standard InChI is InChI=1S/C16H17N5O/c1-11-8-18-16(19-9-11)22-14-5-6-21(10-14)15-13(7-17)4-3-12(2)20-15/h3-4,8-9,14H,5-6,10H2,1-2H3. The highest BCUT2D eigenvalue weighted by Gasteiger charge is 2.27. The van der Waals surface area contributed by atoms with Crippen molar-refractivity contribution in [1.82, 2.24) is 15.0 Å². The molecule has 1 unspecified atom stereocenters. The molecule has 1 saturated heterocycles. The molecule has 0 spiro atoms. The summed E-state index contributed by atoms with van der Waals surface area (Å²) in [7, 11) is 0. The third kappa shape index (κ3) is 2.98. The number of hydrogen-bond donors (Lipinski definition) is 0. The molecule has 0 amide bonds. The molecule has 0 radical (unpaired) electrons. The number of hydrogen-bond acceptors (Lipinski definition) is 6. The lowest BCUT2D eigenvalue weighted by molar-refractivity contribution is 0.206. The zero-order valence-electron chi connectivity index (χ0n) is 12.7. The fourth-order valence-corrected chi connectivity index (χ4v) is 2.48. The Kier molecular flexibility index (Phi) is 3.88. The van der Waals surface area contributed by atoms with E-state index in [0.717, 1.165) is 30.0 Å². The van der Waals surface area contributed by atoms with Crippen molar-refractivity contribution in [3.63, 3.8) is 0 Å². The molecule has 22 heavy (non-hydrogen) atoms. The zero-order valence-corrected chi connectivity index (χ0v) is 12.7. The smallest absolute Gasteiger partial charge is 0.316 e. The van der Waals surface area contributed by atoms with Crippen molar-refractivity contribution in [2.45, 2.75) is 26.4 Å². The zero-order chi connectivity index (χ0) is 15.5. The normalized spacial score (nSPS) is 17.3. The van der Waals surface area contributed by atoms with Crippen molar-refractivity contribution in [2.75, 3.05) is 18.0 Å². The van der Waals surface area contributed by atoms with Gasteiger partial charge >= 0.3 is 6.01 Å². The van der Waals surface area contributed by atoms with Crippen LogP contribution in [-0.4, -0.2) is 34.1 Å². The predicted octanol–water partition coefficient (Wildman–Crippen LogP) is 2.02. The highest BCUT2D eigenvalue weighted by molar-refractivity contribution is 5.55. The van der Waals surface area contributed by atoms with Gasteiger partial charge in [0.2, 0.25) is 0 Å². The van der Waals surface area contributed by atoms with Crippen LogP contribution in [0.25, 0.3) is 0 Å². The van der Waals surface area contributed by atoms with Crippen LogP contribution >= 0.6 is 0 Å². The van der Waals surface area contributed by atoms with Crippen molar-refractivity contribution in [2.24, 2.45) is 0 Å². The summed E-state index contributed by atoms with van der Waals surface area (Å²) in [6.45, 7) is 5.35. The van der Waals surface area contributed by atoms with E-state index in [4.69, 9.17) is 4.74 Å². The van der Waals surface area contributed by atoms with Crippen molar-refractivity contribution < 1.29 is 4.74 Å². The summed E-state index contributed by atoms with van der Waals surface area (Å²) >= 11 is 0. The van der Waals surface area contributed by atoms with E-state index >= 15 is 0 Å². The molecule has 1 fully saturated rings. The van der Waals surface area contributed by atoms with Gasteiger partial charge in [0, 0.05) is 31.1 Å². The van der Waals surface area contributed by atoms with E-state index in [0.29, 0.717) is 18.1 Å². The maximum atomic E-state index is 9.23. The van der Waals surface area contributed by atoms with Crippen LogP contribution in [0.4, 0.5) is 5.82 Å². The average molecular weight is 295 g/mol. The van der Waals surface area contributed by atoms with Gasteiger partial charge in [0.15, 0.2) is 0 Å². The average Bonchev–Trinajstić information content (AvgIpc) is 2.98. The molecule has 3 heterocycles. The lowest BCUT2D eigenvalue weighted by Crippen LogP contribution is -2.26. The fourth-order valence-electron chi connectivity index (χ4n) is 2.48. The summed E-state index contributed by atoms with van der Waals surface area (Å²) in [6.07, 6.45) is 4.35. The molecular weight excluding hydrogens is 278 g/mol. The van der Waals surface area contributed by atoms with Gasteiger partial charge < -0.3 is 9.64 Å². The number of pyridine rings is 1. The Morgan fingerprint density at radius 2 is 2.05 bits per heavy atom. The topological polar surface area (TPSA) is 74.9 Å². The van der Waals surface area contributed by atoms with Gasteiger partial charge in [-0.1, -0.05) is 0 Å². The molecule has 0 N–H and O–H groups in total. The Morgan fingerprint density at radius 1 is 1.27 bits per heavy atom. The van der Waals surface area contributed by atoms with E-state index in [-0.39, 0.29) is 6.10 Å². The first-order valence-corrected chi connectivity index (χ1v) is 7.23. The lowest BCUT2D eigenvalue weighted by Gasteiger charge is -2.19. The van der Waals surface area contributed by atoms with Crippen LogP contribution < -0.4 is 9.64 Å². The van der Waals surface area contributed by atoms with E-state index in [1.165, 1.54) is 0 Å². The minimum atomic E-state index is 0.0107. The van der Waals surface area contributed by atoms with Crippen molar-refractivity contribution >= 4 is 5.82 Å². The number of nitriles is 1. The SMILES string of the molecule is Cc1cnc(OC2CCN(c3nc(C)ccc3C#N)C2)nc1. The van der Waals surface area contributed by atoms with E-state index in [1.807, 2.05) is 26.0 Å². The molecule has 3 rings (SSSR count). The quantitative estimate of drug-likeness (QED) is 0.862. The van der Waals surface area contributed by atoms with Gasteiger partial charge in [-0.2, -0.15) is 5.26 Å². The second-order valence-electron chi connectivity index (χ2n) is 5.45. The van der Waals surface area contributed by atoms with Gasteiger partial charge in [-0.05, 0) is 31.5 Å². The second-order valence-corrected chi connectivity index (χ2v) is 5.45. The van der Waals surface area contributed by atoms with E-state index in [2.05, 4.69) is 25.9 Å². The van der Waals surface area contributed by atoms with Gasteiger partial charge in [0.1, 0.15) is 18.0 Å². The summed E-state index contributed by atoms with van der Waals surface area (Å²) in [5.74, 6) is 0.735. The number of anilines is 1. The summed E-state index contributed by atoms with van der Waals surface area (Å²) in [6, 6.07) is 6.27. The first-order chi connectivity index (χ1) is 10.7. The van der Waals surface area contributed by atoms with Crippen LogP contribution in [0.5, 0.6) is 6.01 Å². The Morgan fingerprint density at radius 3 is 2.77 bits per heavy atom. The number of ether oxygens (including phenoxy) is 1. The molecular formula is C16H17N5O. The maximum Gasteiger partial charge on any atom is 0.316 e. The first kappa shape index (κ1) is 14.3. The minimum Gasteiger partial charge on any atom is -0.458 e. The van der Waals surface area contributed by atoms with Crippen LogP contribution in [0.3, 0.4) is 0 Å². The molecule has 6 heteroatoms. The van der Waals surface area contributed by atoms with Crippen LogP contribution in [0, 0.1) is 25.2 Å². The van der Waals surface area contributed by atoms with Gasteiger partial charge in [-0.15, -0.1) is 0 Å². The highest BCUT2D eigenvalue weighted by Crippen LogP contribution is 2.24. The number of aromatic nitrogens is 3. The third-order valence-electron chi connectivity index (χ3n) is 3.61. The lowest BCUT2D eigenvalue weighted by atomic mass is 10.2. The summed E-state index contributed by atoms with van der Waals surface area (Å²) in [5, 5.41) is 9.23. The molecule has 112 valence electrons. The minimum absolute atomic E-state index is 0.0107. The Labute approximate surface area is 129 Å². The summed E-state index contributed by atoms with van der Waals surface area (Å²) in [4.78, 5) is 14.9. The van der Waals surface area contributed by atoms with E-state index < -0.39 is 0 Å². The summed E-state index contributed by atoms with van der Waals surface area (Å²) in [5.41, 5.74) is 2.50. The van der Waals surface area contributed by atoms with Crippen LogP contribution in [-0.2, 0) is 0 Å². The van der Waals surface area contributed by atoms with Crippen molar-refractivity contribution in [3.8, 4) is 12.1 Å². The fraction of sp³-hybridized carbons (Fsp3) is 0.375. The maximum absolute atomic E-state index is 9.23. The number of rotatable bonds is 3. The highest BCUT2D eigenvalue weighted by atomic mass is 16.5. The summed E-state index contributed by atoms with van der Waals surface area (Å²) < 4.78 is 5.81. The molecule has 0 bridgehead atoms. The molecule has 6 nitrogen and oxygen atoms in total.